The van der Waals surface area contributed by atoms with Crippen LogP contribution in [0.15, 0.2) is 61.2 Å². The van der Waals surface area contributed by atoms with Gasteiger partial charge in [0.1, 0.15) is 17.4 Å². The maximum Gasteiger partial charge on any atom is 0.322 e. The van der Waals surface area contributed by atoms with Gasteiger partial charge in [-0.3, -0.25) is 14.4 Å². The number of rotatable bonds is 13. The Morgan fingerprint density at radius 1 is 1.13 bits per heavy atom. The van der Waals surface area contributed by atoms with Gasteiger partial charge in [-0.2, -0.15) is 4.98 Å². The van der Waals surface area contributed by atoms with E-state index in [-0.39, 0.29) is 11.7 Å². The van der Waals surface area contributed by atoms with Crippen molar-refractivity contribution in [2.45, 2.75) is 31.8 Å². The second-order valence-corrected chi connectivity index (χ2v) is 12.5. The number of anilines is 2. The SMILES string of the molecule is C=CCCN(C(=O)Nc1cc(C(N)=O)c(F)cc1F)C1CCN(Cc2ccc(Oc3ccc(NS(C)(=O)=O)cc3)nc2OC)CC1. The first-order valence-electron chi connectivity index (χ1n) is 14.4. The summed E-state index contributed by atoms with van der Waals surface area (Å²) in [7, 11) is -1.88. The van der Waals surface area contributed by atoms with Crippen LogP contribution in [-0.2, 0) is 16.6 Å². The van der Waals surface area contributed by atoms with Gasteiger partial charge in [0.05, 0.1) is 24.6 Å². The summed E-state index contributed by atoms with van der Waals surface area (Å²) in [5.74, 6) is -2.05. The second kappa shape index (κ2) is 15.0. The normalized spacial score (nSPS) is 13.9. The number of urea groups is 1. The van der Waals surface area contributed by atoms with Gasteiger partial charge in [-0.1, -0.05) is 6.08 Å². The van der Waals surface area contributed by atoms with E-state index in [0.717, 1.165) is 17.9 Å². The van der Waals surface area contributed by atoms with Crippen molar-refractivity contribution >= 4 is 33.3 Å². The molecule has 1 aromatic heterocycles. The summed E-state index contributed by atoms with van der Waals surface area (Å²) < 4.78 is 64.9. The average molecular weight is 659 g/mol. The van der Waals surface area contributed by atoms with Crippen molar-refractivity contribution in [2.75, 3.05) is 43.0 Å². The Kier molecular flexibility index (Phi) is 11.1. The van der Waals surface area contributed by atoms with Crippen molar-refractivity contribution in [1.82, 2.24) is 14.8 Å². The molecular formula is C31H36F2N6O6S. The summed E-state index contributed by atoms with van der Waals surface area (Å²) in [6, 6.07) is 10.6. The number of aromatic nitrogens is 1. The Morgan fingerprint density at radius 3 is 2.43 bits per heavy atom. The number of amides is 3. The van der Waals surface area contributed by atoms with Gasteiger partial charge in [0.25, 0.3) is 5.91 Å². The average Bonchev–Trinajstić information content (AvgIpc) is 3.00. The first-order chi connectivity index (χ1) is 21.9. The van der Waals surface area contributed by atoms with E-state index in [2.05, 4.69) is 26.5 Å². The number of nitrogens with one attached hydrogen (secondary N) is 2. The van der Waals surface area contributed by atoms with Gasteiger partial charge >= 0.3 is 6.03 Å². The number of sulfonamides is 1. The number of likely N-dealkylation sites (tertiary alicyclic amines) is 1. The molecule has 15 heteroatoms. The molecule has 0 radical (unpaired) electrons. The molecule has 4 N–H and O–H groups in total. The molecule has 2 aromatic carbocycles. The van der Waals surface area contributed by atoms with Crippen molar-refractivity contribution in [3.05, 3.63) is 83.9 Å². The number of nitrogens with two attached hydrogens (primary N) is 1. The predicted octanol–water partition coefficient (Wildman–Crippen LogP) is 4.71. The summed E-state index contributed by atoms with van der Waals surface area (Å²) >= 11 is 0. The largest absolute Gasteiger partial charge is 0.481 e. The molecule has 0 atom stereocenters. The van der Waals surface area contributed by atoms with E-state index in [1.165, 1.54) is 7.11 Å². The number of carbonyl (C=O) groups is 2. The minimum Gasteiger partial charge on any atom is -0.481 e. The predicted molar refractivity (Wildman–Crippen MR) is 169 cm³/mol. The minimum absolute atomic E-state index is 0.162. The minimum atomic E-state index is -3.39. The van der Waals surface area contributed by atoms with Crippen molar-refractivity contribution in [3.63, 3.8) is 0 Å². The third kappa shape index (κ3) is 9.14. The Balaban J connectivity index is 1.37. The lowest BCUT2D eigenvalue weighted by atomic mass is 10.0. The van der Waals surface area contributed by atoms with Crippen molar-refractivity contribution in [1.29, 1.82) is 0 Å². The molecule has 3 aromatic rings. The first kappa shape index (κ1) is 34.1. The Hall–Kier alpha value is -4.76. The third-order valence-electron chi connectivity index (χ3n) is 7.28. The number of hydrogen-bond acceptors (Lipinski definition) is 8. The van der Waals surface area contributed by atoms with Gasteiger partial charge in [-0.05, 0) is 55.7 Å². The standard InChI is InChI=1S/C31H36F2N6O6S/c1-4-5-14-39(31(41)35-27-17-24(29(34)40)25(32)18-26(27)33)22-12-15-38(16-13-22)19-20-6-11-28(36-30(20)44-2)45-23-9-7-21(8-10-23)37-46(3,42)43/h4,6-11,17-18,22,37H,1,5,12-16,19H2,2-3H3,(H2,34,40)(H,35,41). The van der Waals surface area contributed by atoms with E-state index in [4.69, 9.17) is 15.2 Å². The number of primary amides is 1. The highest BCUT2D eigenvalue weighted by molar-refractivity contribution is 7.92. The van der Waals surface area contributed by atoms with Gasteiger partial charge in [-0.25, -0.2) is 22.0 Å². The topological polar surface area (TPSA) is 156 Å². The molecule has 0 saturated carbocycles. The molecule has 0 bridgehead atoms. The van der Waals surface area contributed by atoms with Crippen molar-refractivity contribution in [3.8, 4) is 17.5 Å². The van der Waals surface area contributed by atoms with Gasteiger partial charge in [0.2, 0.25) is 21.8 Å². The monoisotopic (exact) mass is 658 g/mol. The molecule has 0 unspecified atom stereocenters. The van der Waals surface area contributed by atoms with E-state index in [1.807, 2.05) is 6.07 Å². The molecule has 1 aliphatic heterocycles. The van der Waals surface area contributed by atoms with E-state index in [0.29, 0.717) is 74.7 Å². The number of benzene rings is 2. The van der Waals surface area contributed by atoms with Crippen molar-refractivity contribution < 1.29 is 36.3 Å². The highest BCUT2D eigenvalue weighted by Crippen LogP contribution is 2.28. The number of piperidine rings is 1. The highest BCUT2D eigenvalue weighted by Gasteiger charge is 2.29. The van der Waals surface area contributed by atoms with Crippen LogP contribution < -0.4 is 25.2 Å². The lowest BCUT2D eigenvalue weighted by molar-refractivity contribution is 0.0996. The molecule has 0 aliphatic carbocycles. The lowest BCUT2D eigenvalue weighted by Crippen LogP contribution is -2.49. The number of nitrogens with zero attached hydrogens (tertiary/aromatic N) is 3. The molecular weight excluding hydrogens is 622 g/mol. The van der Waals surface area contributed by atoms with Crippen LogP contribution in [0.1, 0.15) is 35.2 Å². The van der Waals surface area contributed by atoms with Crippen LogP contribution in [0.5, 0.6) is 17.5 Å². The van der Waals surface area contributed by atoms with Gasteiger partial charge in [0, 0.05) is 55.6 Å². The third-order valence-corrected chi connectivity index (χ3v) is 7.88. The molecule has 3 amide bonds. The summed E-state index contributed by atoms with van der Waals surface area (Å²) in [5.41, 5.74) is 5.55. The fourth-order valence-corrected chi connectivity index (χ4v) is 5.63. The molecule has 4 rings (SSSR count). The van der Waals surface area contributed by atoms with Crippen LogP contribution in [0.4, 0.5) is 25.0 Å². The quantitative estimate of drug-likeness (QED) is 0.223. The van der Waals surface area contributed by atoms with Crippen LogP contribution in [0, 0.1) is 11.6 Å². The number of carbonyl (C=O) groups excluding carboxylic acids is 2. The number of halogens is 2. The van der Waals surface area contributed by atoms with Crippen LogP contribution in [-0.4, -0.2) is 74.2 Å². The van der Waals surface area contributed by atoms with Crippen LogP contribution in [0.3, 0.4) is 0 Å². The fourth-order valence-electron chi connectivity index (χ4n) is 5.06. The number of methoxy groups -OCH3 is 1. The zero-order valence-electron chi connectivity index (χ0n) is 25.5. The molecule has 246 valence electrons. The summed E-state index contributed by atoms with van der Waals surface area (Å²) in [5, 5.41) is 2.46. The smallest absolute Gasteiger partial charge is 0.322 e. The van der Waals surface area contributed by atoms with Gasteiger partial charge in [-0.15, -0.1) is 6.58 Å². The number of ether oxygens (including phenoxy) is 2. The molecule has 1 saturated heterocycles. The van der Waals surface area contributed by atoms with Crippen molar-refractivity contribution in [2.24, 2.45) is 5.73 Å². The number of hydrogen-bond donors (Lipinski definition) is 3. The molecule has 12 nitrogen and oxygen atoms in total. The molecule has 2 heterocycles. The van der Waals surface area contributed by atoms with E-state index >= 15 is 0 Å². The summed E-state index contributed by atoms with van der Waals surface area (Å²) in [6.07, 6.45) is 4.51. The Labute approximate surface area is 266 Å². The first-order valence-corrected chi connectivity index (χ1v) is 16.2. The molecule has 1 fully saturated rings. The van der Waals surface area contributed by atoms with E-state index in [9.17, 15) is 26.8 Å². The highest BCUT2D eigenvalue weighted by atomic mass is 32.2. The molecule has 46 heavy (non-hydrogen) atoms. The van der Waals surface area contributed by atoms with Crippen LogP contribution in [0.2, 0.25) is 0 Å². The lowest BCUT2D eigenvalue weighted by Gasteiger charge is -2.38. The summed E-state index contributed by atoms with van der Waals surface area (Å²) in [6.45, 7) is 5.89. The summed E-state index contributed by atoms with van der Waals surface area (Å²) in [4.78, 5) is 33.0. The van der Waals surface area contributed by atoms with Gasteiger partial charge in [0.15, 0.2) is 0 Å². The number of pyridine rings is 1. The Morgan fingerprint density at radius 2 is 1.83 bits per heavy atom. The zero-order chi connectivity index (χ0) is 33.4. The van der Waals surface area contributed by atoms with Crippen LogP contribution >= 0.6 is 0 Å². The van der Waals surface area contributed by atoms with Gasteiger partial charge < -0.3 is 25.4 Å². The Bertz CT molecular complexity index is 1680. The molecule has 1 aliphatic rings. The van der Waals surface area contributed by atoms with E-state index < -0.39 is 39.2 Å². The maximum atomic E-state index is 14.4. The maximum absolute atomic E-state index is 14.4. The fraction of sp³-hybridized carbons (Fsp3) is 0.323. The zero-order valence-corrected chi connectivity index (χ0v) is 26.3. The van der Waals surface area contributed by atoms with E-state index in [1.54, 1.807) is 41.3 Å². The van der Waals surface area contributed by atoms with Crippen LogP contribution in [0.25, 0.3) is 0 Å². The molecule has 0 spiro atoms. The second-order valence-electron chi connectivity index (χ2n) is 10.7.